The van der Waals surface area contributed by atoms with Crippen LogP contribution < -0.4 is 5.32 Å². The number of nitrogens with one attached hydrogen (secondary N) is 1. The Balaban J connectivity index is 1.98. The minimum Gasteiger partial charge on any atom is -0.355 e. The van der Waals surface area contributed by atoms with Crippen molar-refractivity contribution in [2.24, 2.45) is 5.41 Å². The lowest BCUT2D eigenvalue weighted by Crippen LogP contribution is -2.43. The fourth-order valence-electron chi connectivity index (χ4n) is 2.37. The molecule has 4 heteroatoms. The molecule has 2 rings (SSSR count). The van der Waals surface area contributed by atoms with E-state index in [9.17, 15) is 9.59 Å². The van der Waals surface area contributed by atoms with Gasteiger partial charge in [-0.15, -0.1) is 0 Å². The van der Waals surface area contributed by atoms with E-state index >= 15 is 0 Å². The van der Waals surface area contributed by atoms with Gasteiger partial charge in [0.05, 0.1) is 0 Å². The molecule has 20 heavy (non-hydrogen) atoms. The van der Waals surface area contributed by atoms with E-state index in [4.69, 9.17) is 0 Å². The Morgan fingerprint density at radius 2 is 1.90 bits per heavy atom. The minimum absolute atomic E-state index is 0.0602. The molecule has 0 unspecified atom stereocenters. The Kier molecular flexibility index (Phi) is 4.42. The predicted molar refractivity (Wildman–Crippen MR) is 77.9 cm³/mol. The molecule has 1 N–H and O–H groups in total. The lowest BCUT2D eigenvalue weighted by molar-refractivity contribution is -0.143. The third-order valence-electron chi connectivity index (χ3n) is 3.74. The van der Waals surface area contributed by atoms with Gasteiger partial charge in [0.1, 0.15) is 5.41 Å². The molecular formula is C16H22N2O2. The van der Waals surface area contributed by atoms with Gasteiger partial charge in [-0.25, -0.2) is 0 Å². The number of rotatable bonds is 6. The first-order valence-corrected chi connectivity index (χ1v) is 7.18. The third kappa shape index (κ3) is 3.00. The number of nitrogens with zero attached hydrogens (tertiary/aromatic N) is 1. The van der Waals surface area contributed by atoms with Crippen LogP contribution in [0.2, 0.25) is 0 Å². The standard InChI is InChI=1S/C16H22N2O2/c1-3-11-17-14(19)16(9-10-16)15(20)18(2)12-13-7-5-4-6-8-13/h4-8H,3,9-12H2,1-2H3,(H,17,19). The molecule has 0 saturated heterocycles. The van der Waals surface area contributed by atoms with Crippen molar-refractivity contribution < 1.29 is 9.59 Å². The second kappa shape index (κ2) is 6.07. The smallest absolute Gasteiger partial charge is 0.238 e. The Morgan fingerprint density at radius 3 is 2.45 bits per heavy atom. The molecule has 108 valence electrons. The molecule has 0 spiro atoms. The SMILES string of the molecule is CCCNC(=O)C1(C(=O)N(C)Cc2ccccc2)CC1. The average Bonchev–Trinajstić information content (AvgIpc) is 3.26. The van der Waals surface area contributed by atoms with Crippen LogP contribution >= 0.6 is 0 Å². The van der Waals surface area contributed by atoms with E-state index in [2.05, 4.69) is 5.32 Å². The molecule has 0 aliphatic heterocycles. The quantitative estimate of drug-likeness (QED) is 0.806. The van der Waals surface area contributed by atoms with Gasteiger partial charge in [0.15, 0.2) is 0 Å². The maximum absolute atomic E-state index is 12.5. The Hall–Kier alpha value is -1.84. The summed E-state index contributed by atoms with van der Waals surface area (Å²) in [6.07, 6.45) is 2.22. The zero-order valence-electron chi connectivity index (χ0n) is 12.2. The van der Waals surface area contributed by atoms with Crippen molar-refractivity contribution in [3.63, 3.8) is 0 Å². The molecular weight excluding hydrogens is 252 g/mol. The van der Waals surface area contributed by atoms with Crippen LogP contribution in [0, 0.1) is 5.41 Å². The van der Waals surface area contributed by atoms with Gasteiger partial charge in [-0.2, -0.15) is 0 Å². The number of carbonyl (C=O) groups is 2. The fourth-order valence-corrected chi connectivity index (χ4v) is 2.37. The highest BCUT2D eigenvalue weighted by Crippen LogP contribution is 2.47. The van der Waals surface area contributed by atoms with Gasteiger partial charge in [-0.05, 0) is 24.8 Å². The van der Waals surface area contributed by atoms with Gasteiger partial charge in [0.2, 0.25) is 11.8 Å². The molecule has 1 aliphatic rings. The van der Waals surface area contributed by atoms with Crippen molar-refractivity contribution in [2.75, 3.05) is 13.6 Å². The predicted octanol–water partition coefficient (Wildman–Crippen LogP) is 1.95. The van der Waals surface area contributed by atoms with Gasteiger partial charge in [0.25, 0.3) is 0 Å². The summed E-state index contributed by atoms with van der Waals surface area (Å²) < 4.78 is 0. The van der Waals surface area contributed by atoms with E-state index in [-0.39, 0.29) is 11.8 Å². The highest BCUT2D eigenvalue weighted by molar-refractivity contribution is 6.07. The first-order valence-electron chi connectivity index (χ1n) is 7.18. The van der Waals surface area contributed by atoms with Crippen LogP contribution in [0.25, 0.3) is 0 Å². The first-order chi connectivity index (χ1) is 9.60. The number of amides is 2. The highest BCUT2D eigenvalue weighted by Gasteiger charge is 2.57. The first kappa shape index (κ1) is 14.6. The molecule has 4 nitrogen and oxygen atoms in total. The Bertz CT molecular complexity index is 481. The zero-order valence-corrected chi connectivity index (χ0v) is 12.2. The van der Waals surface area contributed by atoms with Crippen LogP contribution in [0.4, 0.5) is 0 Å². The maximum Gasteiger partial charge on any atom is 0.238 e. The van der Waals surface area contributed by atoms with Crippen LogP contribution in [0.1, 0.15) is 31.7 Å². The summed E-state index contributed by atoms with van der Waals surface area (Å²) in [6.45, 7) is 3.18. The summed E-state index contributed by atoms with van der Waals surface area (Å²) in [7, 11) is 1.77. The van der Waals surface area contributed by atoms with E-state index in [0.29, 0.717) is 25.9 Å². The van der Waals surface area contributed by atoms with Crippen LogP contribution in [0.3, 0.4) is 0 Å². The zero-order chi connectivity index (χ0) is 14.6. The molecule has 1 aromatic rings. The van der Waals surface area contributed by atoms with Crippen LogP contribution in [0.15, 0.2) is 30.3 Å². The number of benzene rings is 1. The lowest BCUT2D eigenvalue weighted by Gasteiger charge is -2.23. The van der Waals surface area contributed by atoms with Gasteiger partial charge >= 0.3 is 0 Å². The normalized spacial score (nSPS) is 15.5. The van der Waals surface area contributed by atoms with Crippen molar-refractivity contribution in [3.05, 3.63) is 35.9 Å². The fraction of sp³-hybridized carbons (Fsp3) is 0.500. The van der Waals surface area contributed by atoms with Crippen molar-refractivity contribution in [2.45, 2.75) is 32.7 Å². The van der Waals surface area contributed by atoms with Crippen molar-refractivity contribution in [1.29, 1.82) is 0 Å². The molecule has 0 heterocycles. The van der Waals surface area contributed by atoms with E-state index < -0.39 is 5.41 Å². The molecule has 1 aromatic carbocycles. The summed E-state index contributed by atoms with van der Waals surface area (Å²) in [5, 5.41) is 2.85. The van der Waals surface area contributed by atoms with Crippen LogP contribution in [-0.2, 0) is 16.1 Å². The topological polar surface area (TPSA) is 49.4 Å². The molecule has 1 aliphatic carbocycles. The van der Waals surface area contributed by atoms with Crippen molar-refractivity contribution in [3.8, 4) is 0 Å². The molecule has 0 radical (unpaired) electrons. The second-order valence-electron chi connectivity index (χ2n) is 5.48. The van der Waals surface area contributed by atoms with E-state index in [0.717, 1.165) is 12.0 Å². The second-order valence-corrected chi connectivity index (χ2v) is 5.48. The molecule has 2 amide bonds. The summed E-state index contributed by atoms with van der Waals surface area (Å²) >= 11 is 0. The number of carbonyl (C=O) groups excluding carboxylic acids is 2. The molecule has 0 atom stereocenters. The van der Waals surface area contributed by atoms with Gasteiger partial charge < -0.3 is 10.2 Å². The van der Waals surface area contributed by atoms with E-state index in [1.54, 1.807) is 11.9 Å². The summed E-state index contributed by atoms with van der Waals surface area (Å²) in [6, 6.07) is 9.83. The summed E-state index contributed by atoms with van der Waals surface area (Å²) in [4.78, 5) is 26.3. The van der Waals surface area contributed by atoms with Gasteiger partial charge in [0, 0.05) is 20.1 Å². The minimum atomic E-state index is -0.793. The monoisotopic (exact) mass is 274 g/mol. The summed E-state index contributed by atoms with van der Waals surface area (Å²) in [5.74, 6) is -0.167. The molecule has 0 bridgehead atoms. The maximum atomic E-state index is 12.5. The average molecular weight is 274 g/mol. The molecule has 0 aromatic heterocycles. The van der Waals surface area contributed by atoms with E-state index in [1.165, 1.54) is 0 Å². The highest BCUT2D eigenvalue weighted by atomic mass is 16.2. The summed E-state index contributed by atoms with van der Waals surface area (Å²) in [5.41, 5.74) is 0.284. The van der Waals surface area contributed by atoms with Crippen LogP contribution in [0.5, 0.6) is 0 Å². The number of hydrogen-bond acceptors (Lipinski definition) is 2. The van der Waals surface area contributed by atoms with Gasteiger partial charge in [-0.3, -0.25) is 9.59 Å². The van der Waals surface area contributed by atoms with Crippen molar-refractivity contribution in [1.82, 2.24) is 10.2 Å². The van der Waals surface area contributed by atoms with E-state index in [1.807, 2.05) is 37.3 Å². The largest absolute Gasteiger partial charge is 0.355 e. The Labute approximate surface area is 120 Å². The van der Waals surface area contributed by atoms with Crippen LogP contribution in [-0.4, -0.2) is 30.3 Å². The molecule has 1 fully saturated rings. The Morgan fingerprint density at radius 1 is 1.25 bits per heavy atom. The van der Waals surface area contributed by atoms with Gasteiger partial charge in [-0.1, -0.05) is 37.3 Å². The van der Waals surface area contributed by atoms with Crippen molar-refractivity contribution >= 4 is 11.8 Å². The lowest BCUT2D eigenvalue weighted by atomic mass is 10.0. The molecule has 1 saturated carbocycles. The number of hydrogen-bond donors (Lipinski definition) is 1. The third-order valence-corrected chi connectivity index (χ3v) is 3.74.